The van der Waals surface area contributed by atoms with E-state index in [9.17, 15) is 10.2 Å². The summed E-state index contributed by atoms with van der Waals surface area (Å²) in [6.07, 6.45) is 2.18. The van der Waals surface area contributed by atoms with E-state index in [1.165, 1.54) is 44.5 Å². The third-order valence-electron chi connectivity index (χ3n) is 6.52. The molecule has 6 rings (SSSR count). The fourth-order valence-corrected chi connectivity index (χ4v) is 5.10. The van der Waals surface area contributed by atoms with Gasteiger partial charge in [0.15, 0.2) is 0 Å². The molecular weight excluding hydrogens is 356 g/mol. The number of hydrogen-bond acceptors (Lipinski definition) is 2. The van der Waals surface area contributed by atoms with Crippen LogP contribution in [0.1, 0.15) is 33.4 Å². The van der Waals surface area contributed by atoms with Gasteiger partial charge >= 0.3 is 0 Å². The Morgan fingerprint density at radius 1 is 0.517 bits per heavy atom. The summed E-state index contributed by atoms with van der Waals surface area (Å²) < 4.78 is 0. The summed E-state index contributed by atoms with van der Waals surface area (Å²) in [5.41, 5.74) is 11.7. The van der Waals surface area contributed by atoms with E-state index < -0.39 is 0 Å². The quantitative estimate of drug-likeness (QED) is 0.399. The van der Waals surface area contributed by atoms with Gasteiger partial charge in [-0.3, -0.25) is 0 Å². The van der Waals surface area contributed by atoms with Gasteiger partial charge in [0.1, 0.15) is 11.5 Å². The van der Waals surface area contributed by atoms with Crippen molar-refractivity contribution in [2.24, 2.45) is 0 Å². The first kappa shape index (κ1) is 16.4. The Bertz CT molecular complexity index is 1200. The predicted molar refractivity (Wildman–Crippen MR) is 116 cm³/mol. The standard InChI is InChI=1S/C27H20O2/c28-26-11-9-20-18-7-3-1-5-16(18)13-22(20)24(26)15-25-23-14-17-6-2-4-8-19(17)21(23)10-12-27(25)29/h1-12,28-29H,13-15H2. The summed E-state index contributed by atoms with van der Waals surface area (Å²) in [6.45, 7) is 0. The molecule has 0 saturated heterocycles. The van der Waals surface area contributed by atoms with Gasteiger partial charge in [-0.25, -0.2) is 0 Å². The number of benzene rings is 4. The van der Waals surface area contributed by atoms with Crippen LogP contribution >= 0.6 is 0 Å². The first-order valence-corrected chi connectivity index (χ1v) is 10.0. The summed E-state index contributed by atoms with van der Waals surface area (Å²) in [4.78, 5) is 0. The largest absolute Gasteiger partial charge is 0.508 e. The molecule has 29 heavy (non-hydrogen) atoms. The number of rotatable bonds is 2. The molecule has 0 heterocycles. The van der Waals surface area contributed by atoms with Crippen molar-refractivity contribution < 1.29 is 10.2 Å². The van der Waals surface area contributed by atoms with Crippen molar-refractivity contribution in [1.29, 1.82) is 0 Å². The summed E-state index contributed by atoms with van der Waals surface area (Å²) in [7, 11) is 0. The maximum absolute atomic E-state index is 10.7. The van der Waals surface area contributed by atoms with Gasteiger partial charge in [0, 0.05) is 17.5 Å². The second-order valence-corrected chi connectivity index (χ2v) is 8.02. The van der Waals surface area contributed by atoms with Crippen molar-refractivity contribution >= 4 is 0 Å². The van der Waals surface area contributed by atoms with Gasteiger partial charge in [-0.05, 0) is 69.5 Å². The Labute approximate surface area is 169 Å². The molecule has 2 N–H and O–H groups in total. The first-order valence-electron chi connectivity index (χ1n) is 10.0. The van der Waals surface area contributed by atoms with E-state index in [0.717, 1.165) is 24.0 Å². The average molecular weight is 376 g/mol. The van der Waals surface area contributed by atoms with Crippen molar-refractivity contribution in [3.05, 3.63) is 106 Å². The topological polar surface area (TPSA) is 40.5 Å². The third kappa shape index (κ3) is 2.35. The van der Waals surface area contributed by atoms with Crippen LogP contribution in [0.25, 0.3) is 22.3 Å². The Kier molecular flexibility index (Phi) is 3.39. The fourth-order valence-electron chi connectivity index (χ4n) is 5.10. The monoisotopic (exact) mass is 376 g/mol. The molecule has 2 aliphatic carbocycles. The van der Waals surface area contributed by atoms with E-state index in [1.807, 2.05) is 12.1 Å². The number of fused-ring (bicyclic) bond motifs is 6. The Morgan fingerprint density at radius 2 is 0.966 bits per heavy atom. The van der Waals surface area contributed by atoms with Gasteiger partial charge in [0.25, 0.3) is 0 Å². The third-order valence-corrected chi connectivity index (χ3v) is 6.52. The van der Waals surface area contributed by atoms with Crippen LogP contribution in [-0.4, -0.2) is 10.2 Å². The molecular formula is C27H20O2. The van der Waals surface area contributed by atoms with Crippen molar-refractivity contribution in [1.82, 2.24) is 0 Å². The van der Waals surface area contributed by atoms with E-state index >= 15 is 0 Å². The van der Waals surface area contributed by atoms with Gasteiger partial charge in [-0.1, -0.05) is 60.7 Å². The molecule has 0 atom stereocenters. The van der Waals surface area contributed by atoms with Crippen LogP contribution < -0.4 is 0 Å². The molecule has 0 fully saturated rings. The van der Waals surface area contributed by atoms with Crippen LogP contribution in [-0.2, 0) is 19.3 Å². The lowest BCUT2D eigenvalue weighted by molar-refractivity contribution is 0.462. The molecule has 4 aromatic rings. The Morgan fingerprint density at radius 3 is 1.45 bits per heavy atom. The molecule has 4 aromatic carbocycles. The van der Waals surface area contributed by atoms with Gasteiger partial charge in [-0.15, -0.1) is 0 Å². The van der Waals surface area contributed by atoms with Gasteiger partial charge < -0.3 is 10.2 Å². The minimum absolute atomic E-state index is 0.309. The highest BCUT2D eigenvalue weighted by Gasteiger charge is 2.27. The molecule has 0 spiro atoms. The predicted octanol–water partition coefficient (Wildman–Crippen LogP) is 5.83. The molecule has 0 radical (unpaired) electrons. The summed E-state index contributed by atoms with van der Waals surface area (Å²) in [6, 6.07) is 24.5. The molecule has 0 bridgehead atoms. The van der Waals surface area contributed by atoms with Crippen molar-refractivity contribution in [3.63, 3.8) is 0 Å². The molecule has 140 valence electrons. The zero-order valence-electron chi connectivity index (χ0n) is 15.9. The lowest BCUT2D eigenvalue weighted by Crippen LogP contribution is -2.00. The van der Waals surface area contributed by atoms with Gasteiger partial charge in [0.05, 0.1) is 0 Å². The van der Waals surface area contributed by atoms with Crippen molar-refractivity contribution in [2.75, 3.05) is 0 Å². The SMILES string of the molecule is Oc1ccc2c(c1Cc1c(O)ccc3c1Cc1ccccc1-3)Cc1ccccc1-2. The number of phenols is 2. The lowest BCUT2D eigenvalue weighted by atomic mass is 9.90. The van der Waals surface area contributed by atoms with Crippen LogP contribution in [0.2, 0.25) is 0 Å². The maximum atomic E-state index is 10.7. The van der Waals surface area contributed by atoms with Crippen LogP contribution in [0.4, 0.5) is 0 Å². The summed E-state index contributed by atoms with van der Waals surface area (Å²) in [5, 5.41) is 21.5. The highest BCUT2D eigenvalue weighted by molar-refractivity contribution is 5.81. The van der Waals surface area contributed by atoms with Crippen LogP contribution in [0.15, 0.2) is 72.8 Å². The maximum Gasteiger partial charge on any atom is 0.119 e. The fraction of sp³-hybridized carbons (Fsp3) is 0.111. The van der Waals surface area contributed by atoms with Gasteiger partial charge in [0.2, 0.25) is 0 Å². The molecule has 0 unspecified atom stereocenters. The van der Waals surface area contributed by atoms with Crippen LogP contribution in [0, 0.1) is 0 Å². The second kappa shape index (κ2) is 5.99. The van der Waals surface area contributed by atoms with Crippen LogP contribution in [0.3, 0.4) is 0 Å². The zero-order chi connectivity index (χ0) is 19.5. The Hall–Kier alpha value is -3.52. The number of aromatic hydroxyl groups is 2. The number of phenolic OH excluding ortho intramolecular Hbond substituents is 2. The minimum Gasteiger partial charge on any atom is -0.508 e. The van der Waals surface area contributed by atoms with E-state index in [2.05, 4.69) is 48.5 Å². The highest BCUT2D eigenvalue weighted by atomic mass is 16.3. The second-order valence-electron chi connectivity index (χ2n) is 8.02. The van der Waals surface area contributed by atoms with Crippen molar-refractivity contribution in [2.45, 2.75) is 19.3 Å². The van der Waals surface area contributed by atoms with E-state index in [0.29, 0.717) is 17.9 Å². The molecule has 2 heteroatoms. The lowest BCUT2D eigenvalue weighted by Gasteiger charge is -2.15. The molecule has 0 aliphatic heterocycles. The molecule has 2 aliphatic rings. The van der Waals surface area contributed by atoms with Crippen molar-refractivity contribution in [3.8, 4) is 33.8 Å². The normalized spacial score (nSPS) is 13.0. The average Bonchev–Trinajstić information content (AvgIpc) is 3.30. The van der Waals surface area contributed by atoms with Crippen LogP contribution in [0.5, 0.6) is 11.5 Å². The zero-order valence-corrected chi connectivity index (χ0v) is 15.9. The van der Waals surface area contributed by atoms with Gasteiger partial charge in [-0.2, -0.15) is 0 Å². The minimum atomic E-state index is 0.309. The van der Waals surface area contributed by atoms with E-state index in [1.54, 1.807) is 12.1 Å². The first-order chi connectivity index (χ1) is 14.2. The summed E-state index contributed by atoms with van der Waals surface area (Å²) >= 11 is 0. The number of hydrogen-bond donors (Lipinski definition) is 2. The molecule has 0 aromatic heterocycles. The highest BCUT2D eigenvalue weighted by Crippen LogP contribution is 2.45. The molecule has 2 nitrogen and oxygen atoms in total. The molecule has 0 amide bonds. The van der Waals surface area contributed by atoms with E-state index in [-0.39, 0.29) is 0 Å². The molecule has 0 saturated carbocycles. The van der Waals surface area contributed by atoms with E-state index in [4.69, 9.17) is 0 Å². The Balaban J connectivity index is 1.49. The summed E-state index contributed by atoms with van der Waals surface area (Å²) in [5.74, 6) is 0.619. The smallest absolute Gasteiger partial charge is 0.119 e.